The SMILES string of the molecule is CCC1CCC2(C(=O)O)CCC3(C)C(CCC4C5(C)CCC(OC(=O)C=Cc6ccc(OC(C)=O)c(OC(C)=O)c6)C(C)(C)C5CCC43C)C12. The summed E-state index contributed by atoms with van der Waals surface area (Å²) in [5, 5.41) is 10.6. The van der Waals surface area contributed by atoms with Crippen molar-refractivity contribution < 1.29 is 38.5 Å². The highest BCUT2D eigenvalue weighted by Crippen LogP contribution is 2.77. The number of carbonyl (C=O) groups excluding carboxylic acids is 3. The number of benzene rings is 1. The van der Waals surface area contributed by atoms with Crippen LogP contribution in [-0.2, 0) is 23.9 Å². The van der Waals surface area contributed by atoms with E-state index in [9.17, 15) is 24.3 Å². The van der Waals surface area contributed by atoms with E-state index < -0.39 is 29.3 Å². The molecule has 5 aliphatic rings. The Hall–Kier alpha value is -3.16. The Morgan fingerprint density at radius 3 is 2.16 bits per heavy atom. The molecule has 0 aromatic heterocycles. The van der Waals surface area contributed by atoms with E-state index in [1.807, 2.05) is 0 Å². The number of carboxylic acids is 1. The van der Waals surface area contributed by atoms with Crippen LogP contribution in [0.15, 0.2) is 24.3 Å². The third kappa shape index (κ3) is 5.62. The van der Waals surface area contributed by atoms with Crippen molar-refractivity contribution in [3.63, 3.8) is 0 Å². The topological polar surface area (TPSA) is 116 Å². The monoisotopic (exact) mass is 690 g/mol. The number of rotatable bonds is 7. The van der Waals surface area contributed by atoms with Crippen LogP contribution in [0, 0.1) is 56.7 Å². The van der Waals surface area contributed by atoms with Crippen LogP contribution in [0.25, 0.3) is 6.08 Å². The number of carbonyl (C=O) groups is 4. The van der Waals surface area contributed by atoms with Crippen LogP contribution in [0.5, 0.6) is 11.5 Å². The Kier molecular flexibility index (Phi) is 9.38. The van der Waals surface area contributed by atoms with Crippen LogP contribution in [-0.4, -0.2) is 35.1 Å². The van der Waals surface area contributed by atoms with Gasteiger partial charge >= 0.3 is 23.9 Å². The lowest BCUT2D eigenvalue weighted by Crippen LogP contribution is -2.67. The molecule has 0 aliphatic heterocycles. The normalized spacial score (nSPS) is 40.1. The molecule has 0 bridgehead atoms. The largest absolute Gasteiger partial charge is 0.481 e. The van der Waals surface area contributed by atoms with E-state index in [2.05, 4.69) is 41.5 Å². The van der Waals surface area contributed by atoms with E-state index in [0.717, 1.165) is 70.6 Å². The van der Waals surface area contributed by atoms with E-state index in [0.29, 0.717) is 29.2 Å². The highest BCUT2D eigenvalue weighted by Gasteiger charge is 2.72. The van der Waals surface area contributed by atoms with Crippen molar-refractivity contribution in [3.05, 3.63) is 29.8 Å². The van der Waals surface area contributed by atoms with E-state index in [1.54, 1.807) is 18.2 Å². The van der Waals surface area contributed by atoms with Gasteiger partial charge in [-0.1, -0.05) is 54.0 Å². The van der Waals surface area contributed by atoms with Crippen molar-refractivity contribution in [1.29, 1.82) is 0 Å². The van der Waals surface area contributed by atoms with Crippen LogP contribution in [0.4, 0.5) is 0 Å². The van der Waals surface area contributed by atoms with Crippen LogP contribution >= 0.6 is 0 Å². The zero-order valence-electron chi connectivity index (χ0n) is 31.4. The Bertz CT molecular complexity index is 1580. The maximum absolute atomic E-state index is 13.3. The first-order chi connectivity index (χ1) is 23.4. The van der Waals surface area contributed by atoms with Crippen LogP contribution in [0.2, 0.25) is 0 Å². The molecule has 5 aliphatic carbocycles. The fourth-order valence-corrected chi connectivity index (χ4v) is 13.2. The first-order valence-electron chi connectivity index (χ1n) is 19.1. The summed E-state index contributed by atoms with van der Waals surface area (Å²) in [6.07, 6.45) is 13.9. The molecule has 5 saturated carbocycles. The van der Waals surface area contributed by atoms with Crippen molar-refractivity contribution >= 4 is 30.0 Å². The maximum atomic E-state index is 13.3. The molecular formula is C42H58O8. The van der Waals surface area contributed by atoms with Crippen LogP contribution in [0.1, 0.15) is 132 Å². The smallest absolute Gasteiger partial charge is 0.331 e. The molecule has 1 N–H and O–H groups in total. The zero-order chi connectivity index (χ0) is 36.4. The molecular weight excluding hydrogens is 632 g/mol. The molecule has 0 amide bonds. The van der Waals surface area contributed by atoms with Gasteiger partial charge in [0, 0.05) is 25.3 Å². The van der Waals surface area contributed by atoms with E-state index >= 15 is 0 Å². The minimum absolute atomic E-state index is 0.103. The molecule has 6 rings (SSSR count). The average Bonchev–Trinajstić information content (AvgIpc) is 3.43. The van der Waals surface area contributed by atoms with E-state index in [1.165, 1.54) is 26.0 Å². The number of hydrogen-bond donors (Lipinski definition) is 1. The lowest BCUT2D eigenvalue weighted by atomic mass is 9.32. The zero-order valence-corrected chi connectivity index (χ0v) is 31.4. The van der Waals surface area contributed by atoms with Gasteiger partial charge in [0.2, 0.25) is 0 Å². The summed E-state index contributed by atoms with van der Waals surface area (Å²) in [5.41, 5.74) is 0.229. The standard InChI is InChI=1S/C42H58O8/c1-9-28-16-21-42(37(46)47)23-22-40(7)29(36(28)42)12-14-33-39(6)19-18-34(38(4,5)32(39)17-20-41(33,40)8)50-35(45)15-11-27-10-13-30(48-25(2)43)31(24-27)49-26(3)44/h10-11,13,15,24,28-29,32-34,36H,9,12,14,16-23H2,1-8H3,(H,46,47). The molecule has 1 aromatic carbocycles. The van der Waals surface area contributed by atoms with Gasteiger partial charge in [-0.2, -0.15) is 0 Å². The van der Waals surface area contributed by atoms with Gasteiger partial charge in [0.15, 0.2) is 11.5 Å². The molecule has 8 nitrogen and oxygen atoms in total. The van der Waals surface area contributed by atoms with Gasteiger partial charge in [-0.25, -0.2) is 4.79 Å². The van der Waals surface area contributed by atoms with Gasteiger partial charge in [0.1, 0.15) is 6.10 Å². The highest BCUT2D eigenvalue weighted by atomic mass is 16.6. The lowest BCUT2D eigenvalue weighted by molar-refractivity contribution is -0.250. The first kappa shape index (κ1) is 36.6. The molecule has 5 fully saturated rings. The van der Waals surface area contributed by atoms with Crippen LogP contribution in [0.3, 0.4) is 0 Å². The highest BCUT2D eigenvalue weighted by molar-refractivity contribution is 5.87. The second kappa shape index (κ2) is 12.8. The molecule has 1 aromatic rings. The predicted octanol–water partition coefficient (Wildman–Crippen LogP) is 9.04. The Morgan fingerprint density at radius 1 is 0.800 bits per heavy atom. The first-order valence-corrected chi connectivity index (χ1v) is 19.1. The van der Waals surface area contributed by atoms with Crippen molar-refractivity contribution in [2.45, 2.75) is 132 Å². The summed E-state index contributed by atoms with van der Waals surface area (Å²) in [7, 11) is 0. The Balaban J connectivity index is 1.19. The van der Waals surface area contributed by atoms with Gasteiger partial charge in [-0.3, -0.25) is 14.4 Å². The molecule has 0 saturated heterocycles. The Labute approximate surface area is 298 Å². The molecule has 0 spiro atoms. The van der Waals surface area contributed by atoms with Crippen molar-refractivity contribution in [2.24, 2.45) is 56.7 Å². The number of hydrogen-bond acceptors (Lipinski definition) is 7. The minimum atomic E-state index is -0.548. The lowest BCUT2D eigenvalue weighted by Gasteiger charge is -2.72. The van der Waals surface area contributed by atoms with Crippen LogP contribution < -0.4 is 9.47 Å². The molecule has 8 heteroatoms. The number of ether oxygens (including phenoxy) is 3. The number of carboxylic acid groups (broad SMARTS) is 1. The molecule has 10 unspecified atom stereocenters. The molecule has 274 valence electrons. The van der Waals surface area contributed by atoms with E-state index in [4.69, 9.17) is 14.2 Å². The van der Waals surface area contributed by atoms with Crippen molar-refractivity contribution in [1.82, 2.24) is 0 Å². The maximum Gasteiger partial charge on any atom is 0.331 e. The molecule has 10 atom stereocenters. The number of esters is 3. The molecule has 0 radical (unpaired) electrons. The predicted molar refractivity (Wildman–Crippen MR) is 190 cm³/mol. The summed E-state index contributed by atoms with van der Waals surface area (Å²) < 4.78 is 16.6. The van der Waals surface area contributed by atoms with Gasteiger partial charge < -0.3 is 19.3 Å². The molecule has 0 heterocycles. The fraction of sp³-hybridized carbons (Fsp3) is 0.714. The summed E-state index contributed by atoms with van der Waals surface area (Å²) in [4.78, 5) is 49.3. The Morgan fingerprint density at radius 2 is 1.50 bits per heavy atom. The van der Waals surface area contributed by atoms with Gasteiger partial charge in [-0.05, 0) is 134 Å². The van der Waals surface area contributed by atoms with Gasteiger partial charge in [-0.15, -0.1) is 0 Å². The average molecular weight is 691 g/mol. The van der Waals surface area contributed by atoms with Crippen molar-refractivity contribution in [2.75, 3.05) is 0 Å². The fourth-order valence-electron chi connectivity index (χ4n) is 13.2. The number of aliphatic carboxylic acids is 1. The van der Waals surface area contributed by atoms with Gasteiger partial charge in [0.25, 0.3) is 0 Å². The third-order valence-corrected chi connectivity index (χ3v) is 15.6. The summed E-state index contributed by atoms with van der Waals surface area (Å²) >= 11 is 0. The van der Waals surface area contributed by atoms with Crippen molar-refractivity contribution in [3.8, 4) is 11.5 Å². The van der Waals surface area contributed by atoms with E-state index in [-0.39, 0.29) is 45.2 Å². The van der Waals surface area contributed by atoms with Gasteiger partial charge in [0.05, 0.1) is 5.41 Å². The summed E-state index contributed by atoms with van der Waals surface area (Å²) in [5.74, 6) is 0.402. The summed E-state index contributed by atoms with van der Waals surface area (Å²) in [6, 6.07) is 4.77. The summed E-state index contributed by atoms with van der Waals surface area (Å²) in [6.45, 7) is 17.0. The minimum Gasteiger partial charge on any atom is -0.481 e. The molecule has 50 heavy (non-hydrogen) atoms. The quantitative estimate of drug-likeness (QED) is 0.171. The second-order valence-corrected chi connectivity index (χ2v) is 17.9. The number of fused-ring (bicyclic) bond motifs is 7. The third-order valence-electron chi connectivity index (χ3n) is 15.6. The second-order valence-electron chi connectivity index (χ2n) is 17.9.